The van der Waals surface area contributed by atoms with Crippen molar-refractivity contribution in [3.63, 3.8) is 0 Å². The van der Waals surface area contributed by atoms with E-state index >= 15 is 0 Å². The summed E-state index contributed by atoms with van der Waals surface area (Å²) in [7, 11) is 0. The zero-order valence-electron chi connectivity index (χ0n) is 18.3. The second-order valence-corrected chi connectivity index (χ2v) is 10.2. The number of rotatable bonds is 5. The Hall–Kier alpha value is -2.99. The van der Waals surface area contributed by atoms with Gasteiger partial charge >= 0.3 is 5.97 Å². The summed E-state index contributed by atoms with van der Waals surface area (Å²) in [5.74, 6) is 1.45. The third-order valence-corrected chi connectivity index (χ3v) is 7.48. The molecule has 0 N–H and O–H groups in total. The van der Waals surface area contributed by atoms with E-state index in [1.54, 1.807) is 11.3 Å². The lowest BCUT2D eigenvalue weighted by Crippen LogP contribution is -2.20. The second kappa shape index (κ2) is 7.55. The van der Waals surface area contributed by atoms with Crippen molar-refractivity contribution in [2.24, 2.45) is 5.92 Å². The Morgan fingerprint density at radius 1 is 1.09 bits per heavy atom. The SMILES string of the molecule is Cc1cc(C)c2nc(C3CC3)n(Cc3ccc(OC(=O)C4Cc5ccccc5C4)s3)c2n1. The molecule has 32 heavy (non-hydrogen) atoms. The van der Waals surface area contributed by atoms with Gasteiger partial charge in [-0.3, -0.25) is 4.79 Å². The number of hydrogen-bond acceptors (Lipinski definition) is 5. The number of fused-ring (bicyclic) bond motifs is 2. The van der Waals surface area contributed by atoms with Crippen LogP contribution in [0.4, 0.5) is 0 Å². The quantitative estimate of drug-likeness (QED) is 0.390. The van der Waals surface area contributed by atoms with Crippen molar-refractivity contribution in [1.82, 2.24) is 14.5 Å². The number of imidazole rings is 1. The highest BCUT2D eigenvalue weighted by Crippen LogP contribution is 2.41. The number of hydrogen-bond donors (Lipinski definition) is 0. The average molecular weight is 444 g/mol. The van der Waals surface area contributed by atoms with E-state index in [0.717, 1.165) is 40.4 Å². The van der Waals surface area contributed by atoms with Crippen LogP contribution in [0, 0.1) is 19.8 Å². The first-order valence-corrected chi connectivity index (χ1v) is 12.1. The number of benzene rings is 1. The third-order valence-electron chi connectivity index (χ3n) is 6.53. The first-order chi connectivity index (χ1) is 15.5. The van der Waals surface area contributed by atoms with Crippen LogP contribution in [0.3, 0.4) is 0 Å². The lowest BCUT2D eigenvalue weighted by molar-refractivity contribution is -0.138. The number of esters is 1. The van der Waals surface area contributed by atoms with Crippen LogP contribution < -0.4 is 4.74 Å². The van der Waals surface area contributed by atoms with Gasteiger partial charge in [0.15, 0.2) is 10.7 Å². The molecule has 0 aliphatic heterocycles. The molecule has 1 saturated carbocycles. The molecular formula is C26H25N3O2S. The third kappa shape index (κ3) is 3.52. The topological polar surface area (TPSA) is 57.0 Å². The number of carbonyl (C=O) groups is 1. The van der Waals surface area contributed by atoms with Crippen molar-refractivity contribution in [2.45, 2.75) is 52.0 Å². The zero-order valence-corrected chi connectivity index (χ0v) is 19.1. The van der Waals surface area contributed by atoms with Crippen LogP contribution in [-0.4, -0.2) is 20.5 Å². The summed E-state index contributed by atoms with van der Waals surface area (Å²) in [5.41, 5.74) is 6.67. The van der Waals surface area contributed by atoms with Gasteiger partial charge in [0.05, 0.1) is 12.5 Å². The maximum atomic E-state index is 12.8. The van der Waals surface area contributed by atoms with Crippen molar-refractivity contribution in [2.75, 3.05) is 0 Å². The predicted molar refractivity (Wildman–Crippen MR) is 125 cm³/mol. The summed E-state index contributed by atoms with van der Waals surface area (Å²) in [6, 6.07) is 14.4. The van der Waals surface area contributed by atoms with Crippen LogP contribution in [0.15, 0.2) is 42.5 Å². The van der Waals surface area contributed by atoms with E-state index in [1.165, 1.54) is 29.5 Å². The van der Waals surface area contributed by atoms with Crippen molar-refractivity contribution in [3.05, 3.63) is 75.6 Å². The molecule has 3 heterocycles. The predicted octanol–water partition coefficient (Wildman–Crippen LogP) is 5.36. The molecule has 0 unspecified atom stereocenters. The Bertz CT molecular complexity index is 1320. The van der Waals surface area contributed by atoms with Crippen LogP contribution in [0.1, 0.15) is 51.8 Å². The van der Waals surface area contributed by atoms with Gasteiger partial charge in [-0.25, -0.2) is 9.97 Å². The average Bonchev–Trinajstić information content (AvgIpc) is 3.20. The summed E-state index contributed by atoms with van der Waals surface area (Å²) >= 11 is 1.54. The Kier molecular flexibility index (Phi) is 4.65. The van der Waals surface area contributed by atoms with Crippen molar-refractivity contribution >= 4 is 28.5 Å². The van der Waals surface area contributed by atoms with E-state index in [1.807, 2.05) is 25.1 Å². The Morgan fingerprint density at radius 2 is 1.84 bits per heavy atom. The van der Waals surface area contributed by atoms with E-state index in [4.69, 9.17) is 14.7 Å². The molecule has 162 valence electrons. The van der Waals surface area contributed by atoms with E-state index in [2.05, 4.69) is 35.8 Å². The van der Waals surface area contributed by atoms with Gasteiger partial charge in [0, 0.05) is 16.5 Å². The molecule has 0 saturated heterocycles. The van der Waals surface area contributed by atoms with Crippen LogP contribution in [0.25, 0.3) is 11.2 Å². The minimum Gasteiger partial charge on any atom is -0.415 e. The minimum absolute atomic E-state index is 0.0906. The smallest absolute Gasteiger partial charge is 0.315 e. The number of aromatic nitrogens is 3. The molecular weight excluding hydrogens is 418 g/mol. The number of pyridine rings is 1. The standard InChI is InChI=1S/C26H25N3O2S/c1-15-11-16(2)27-25-23(15)28-24(17-7-8-17)29(25)14-21-9-10-22(32-21)31-26(30)20-12-18-5-3-4-6-19(18)13-20/h3-6,9-11,17,20H,7-8,12-14H2,1-2H3. The highest BCUT2D eigenvalue weighted by molar-refractivity contribution is 7.13. The first kappa shape index (κ1) is 19.7. The molecule has 3 aromatic heterocycles. The fourth-order valence-corrected chi connectivity index (χ4v) is 5.64. The van der Waals surface area contributed by atoms with Crippen molar-refractivity contribution < 1.29 is 9.53 Å². The van der Waals surface area contributed by atoms with E-state index in [0.29, 0.717) is 17.5 Å². The Balaban J connectivity index is 1.22. The molecule has 0 radical (unpaired) electrons. The number of aryl methyl sites for hydroxylation is 2. The second-order valence-electron chi connectivity index (χ2n) is 9.10. The van der Waals surface area contributed by atoms with Gasteiger partial charge in [-0.2, -0.15) is 0 Å². The maximum absolute atomic E-state index is 12.8. The summed E-state index contributed by atoms with van der Waals surface area (Å²) in [6.07, 6.45) is 3.92. The van der Waals surface area contributed by atoms with Crippen molar-refractivity contribution in [1.29, 1.82) is 0 Å². The lowest BCUT2D eigenvalue weighted by atomic mass is 10.1. The van der Waals surface area contributed by atoms with Gasteiger partial charge in [-0.1, -0.05) is 24.3 Å². The van der Waals surface area contributed by atoms with E-state index in [9.17, 15) is 4.79 Å². The molecule has 6 heteroatoms. The van der Waals surface area contributed by atoms with E-state index in [-0.39, 0.29) is 11.9 Å². The molecule has 2 aliphatic rings. The van der Waals surface area contributed by atoms with Crippen LogP contribution in [0.2, 0.25) is 0 Å². The largest absolute Gasteiger partial charge is 0.415 e. The molecule has 1 aromatic carbocycles. The summed E-state index contributed by atoms with van der Waals surface area (Å²) < 4.78 is 8.05. The fourth-order valence-electron chi connectivity index (χ4n) is 4.79. The van der Waals surface area contributed by atoms with Gasteiger partial charge in [0.25, 0.3) is 0 Å². The monoisotopic (exact) mass is 443 g/mol. The van der Waals surface area contributed by atoms with Gasteiger partial charge in [0.2, 0.25) is 0 Å². The zero-order chi connectivity index (χ0) is 21.8. The molecule has 0 spiro atoms. The molecule has 5 nitrogen and oxygen atoms in total. The van der Waals surface area contributed by atoms with E-state index < -0.39 is 0 Å². The minimum atomic E-state index is -0.130. The molecule has 0 bridgehead atoms. The van der Waals surface area contributed by atoms with Crippen molar-refractivity contribution in [3.8, 4) is 5.06 Å². The number of carbonyl (C=O) groups excluding carboxylic acids is 1. The van der Waals surface area contributed by atoms with Crippen LogP contribution in [0.5, 0.6) is 5.06 Å². The summed E-state index contributed by atoms with van der Waals surface area (Å²) in [5, 5.41) is 0.665. The molecule has 1 fully saturated rings. The van der Waals surface area contributed by atoms with Crippen LogP contribution >= 0.6 is 11.3 Å². The Morgan fingerprint density at radius 3 is 2.56 bits per heavy atom. The normalized spacial score (nSPS) is 15.9. The van der Waals surface area contributed by atoms with Gasteiger partial charge in [0.1, 0.15) is 11.3 Å². The molecule has 4 aromatic rings. The van der Waals surface area contributed by atoms with Gasteiger partial charge in [-0.05, 0) is 74.4 Å². The van der Waals surface area contributed by atoms with Gasteiger partial charge in [-0.15, -0.1) is 11.3 Å². The maximum Gasteiger partial charge on any atom is 0.315 e. The van der Waals surface area contributed by atoms with Crippen LogP contribution in [-0.2, 0) is 24.2 Å². The molecule has 0 amide bonds. The van der Waals surface area contributed by atoms with Gasteiger partial charge < -0.3 is 9.30 Å². The lowest BCUT2D eigenvalue weighted by Gasteiger charge is -2.08. The first-order valence-electron chi connectivity index (χ1n) is 11.3. The molecule has 6 rings (SSSR count). The Labute approximate surface area is 191 Å². The fraction of sp³-hybridized carbons (Fsp3) is 0.346. The number of ether oxygens (including phenoxy) is 1. The highest BCUT2D eigenvalue weighted by Gasteiger charge is 2.31. The summed E-state index contributed by atoms with van der Waals surface area (Å²) in [6.45, 7) is 4.84. The summed E-state index contributed by atoms with van der Waals surface area (Å²) in [4.78, 5) is 23.7. The molecule has 0 atom stereocenters. The molecule has 2 aliphatic carbocycles. The number of thiophene rings is 1. The highest BCUT2D eigenvalue weighted by atomic mass is 32.1. The number of nitrogens with zero attached hydrogens (tertiary/aromatic N) is 3.